The average Bonchev–Trinajstić information content (AvgIpc) is 2.87. The van der Waals surface area contributed by atoms with Gasteiger partial charge in [-0.05, 0) is 49.8 Å². The molecule has 1 heterocycles. The van der Waals surface area contributed by atoms with E-state index in [1.165, 1.54) is 42.5 Å². The van der Waals surface area contributed by atoms with Crippen molar-refractivity contribution in [3.63, 3.8) is 0 Å². The van der Waals surface area contributed by atoms with E-state index >= 15 is 0 Å². The van der Waals surface area contributed by atoms with E-state index in [1.807, 2.05) is 19.4 Å². The summed E-state index contributed by atoms with van der Waals surface area (Å²) in [5, 5.41) is 0. The molecule has 0 saturated heterocycles. The number of rotatable bonds is 2. The highest BCUT2D eigenvalue weighted by molar-refractivity contribution is 5.48. The minimum atomic E-state index is 0.00643. The summed E-state index contributed by atoms with van der Waals surface area (Å²) in [6.45, 7) is 2.00. The van der Waals surface area contributed by atoms with Crippen LogP contribution in [0.5, 0.6) is 0 Å². The molecule has 3 rings (SSSR count). The average molecular weight is 241 g/mol. The zero-order valence-corrected chi connectivity index (χ0v) is 10.8. The van der Waals surface area contributed by atoms with Crippen LogP contribution in [0.25, 0.3) is 5.69 Å². The standard InChI is InChI=1S/C15H19N3/c1-11(16)15-9-17-10-18(15)14-8-4-6-12-5-2-3-7-13(12)14/h4,6,8-11H,2-3,5,7,16H2,1H3/t11-/m0/s1. The molecule has 2 aromatic rings. The number of hydrogen-bond acceptors (Lipinski definition) is 2. The summed E-state index contributed by atoms with van der Waals surface area (Å²) in [4.78, 5) is 4.25. The molecule has 94 valence electrons. The molecule has 0 amide bonds. The van der Waals surface area contributed by atoms with Crippen molar-refractivity contribution in [2.24, 2.45) is 5.73 Å². The Balaban J connectivity index is 2.14. The van der Waals surface area contributed by atoms with Crippen LogP contribution in [-0.2, 0) is 12.8 Å². The van der Waals surface area contributed by atoms with Crippen LogP contribution in [0.3, 0.4) is 0 Å². The molecule has 1 aliphatic carbocycles. The van der Waals surface area contributed by atoms with Crippen molar-refractivity contribution in [2.45, 2.75) is 38.6 Å². The quantitative estimate of drug-likeness (QED) is 0.878. The van der Waals surface area contributed by atoms with Crippen LogP contribution in [0, 0.1) is 0 Å². The van der Waals surface area contributed by atoms with Crippen molar-refractivity contribution < 1.29 is 0 Å². The van der Waals surface area contributed by atoms with E-state index in [4.69, 9.17) is 5.73 Å². The number of benzene rings is 1. The van der Waals surface area contributed by atoms with Gasteiger partial charge in [0.25, 0.3) is 0 Å². The van der Waals surface area contributed by atoms with Crippen LogP contribution in [0.15, 0.2) is 30.7 Å². The summed E-state index contributed by atoms with van der Waals surface area (Å²) in [5.74, 6) is 0. The minimum absolute atomic E-state index is 0.00643. The molecule has 1 aliphatic rings. The van der Waals surface area contributed by atoms with E-state index in [0.29, 0.717) is 0 Å². The number of aryl methyl sites for hydroxylation is 1. The third-order valence-corrected chi connectivity index (χ3v) is 3.76. The minimum Gasteiger partial charge on any atom is -0.323 e. The van der Waals surface area contributed by atoms with E-state index in [0.717, 1.165) is 5.69 Å². The summed E-state index contributed by atoms with van der Waals surface area (Å²) in [5.41, 5.74) is 11.3. The van der Waals surface area contributed by atoms with Crippen LogP contribution in [0.1, 0.15) is 42.6 Å². The summed E-state index contributed by atoms with van der Waals surface area (Å²) in [6, 6.07) is 6.58. The SMILES string of the molecule is C[C@H](N)c1cncn1-c1cccc2c1CCCC2. The molecule has 1 aromatic carbocycles. The zero-order chi connectivity index (χ0) is 12.5. The normalized spacial score (nSPS) is 16.3. The number of hydrogen-bond donors (Lipinski definition) is 1. The summed E-state index contributed by atoms with van der Waals surface area (Å²) >= 11 is 0. The van der Waals surface area contributed by atoms with Crippen molar-refractivity contribution in [1.82, 2.24) is 9.55 Å². The molecule has 0 fully saturated rings. The lowest BCUT2D eigenvalue weighted by Gasteiger charge is -2.21. The molecule has 18 heavy (non-hydrogen) atoms. The Morgan fingerprint density at radius 1 is 1.28 bits per heavy atom. The number of nitrogens with zero attached hydrogens (tertiary/aromatic N) is 2. The van der Waals surface area contributed by atoms with Gasteiger partial charge in [-0.25, -0.2) is 4.98 Å². The molecular weight excluding hydrogens is 222 g/mol. The molecule has 0 bridgehead atoms. The highest BCUT2D eigenvalue weighted by atomic mass is 15.1. The fourth-order valence-corrected chi connectivity index (χ4v) is 2.83. The van der Waals surface area contributed by atoms with E-state index in [-0.39, 0.29) is 6.04 Å². The highest BCUT2D eigenvalue weighted by Gasteiger charge is 2.16. The van der Waals surface area contributed by atoms with Crippen molar-refractivity contribution in [3.05, 3.63) is 47.5 Å². The third-order valence-electron chi connectivity index (χ3n) is 3.76. The number of nitrogens with two attached hydrogens (primary N) is 1. The lowest BCUT2D eigenvalue weighted by Crippen LogP contribution is -2.13. The van der Waals surface area contributed by atoms with Crippen molar-refractivity contribution in [1.29, 1.82) is 0 Å². The van der Waals surface area contributed by atoms with Gasteiger partial charge in [0.1, 0.15) is 0 Å². The Bertz CT molecular complexity index is 555. The monoisotopic (exact) mass is 241 g/mol. The Labute approximate surface area is 108 Å². The first-order valence-electron chi connectivity index (χ1n) is 6.66. The maximum atomic E-state index is 6.01. The molecule has 2 N–H and O–H groups in total. The first kappa shape index (κ1) is 11.5. The van der Waals surface area contributed by atoms with Crippen LogP contribution < -0.4 is 5.73 Å². The second-order valence-corrected chi connectivity index (χ2v) is 5.10. The predicted molar refractivity (Wildman–Crippen MR) is 72.8 cm³/mol. The maximum Gasteiger partial charge on any atom is 0.0994 e. The molecule has 3 nitrogen and oxygen atoms in total. The Kier molecular flexibility index (Phi) is 2.92. The van der Waals surface area contributed by atoms with Crippen molar-refractivity contribution in [2.75, 3.05) is 0 Å². The van der Waals surface area contributed by atoms with Crippen molar-refractivity contribution >= 4 is 0 Å². The molecule has 0 radical (unpaired) electrons. The van der Waals surface area contributed by atoms with Gasteiger partial charge in [0.05, 0.1) is 23.9 Å². The first-order chi connectivity index (χ1) is 8.77. The lowest BCUT2D eigenvalue weighted by atomic mass is 9.90. The largest absolute Gasteiger partial charge is 0.323 e. The van der Waals surface area contributed by atoms with E-state index in [1.54, 1.807) is 0 Å². The number of imidazole rings is 1. The molecule has 0 spiro atoms. The summed E-state index contributed by atoms with van der Waals surface area (Å²) < 4.78 is 2.15. The first-order valence-corrected chi connectivity index (χ1v) is 6.66. The van der Waals surface area contributed by atoms with Gasteiger partial charge in [0, 0.05) is 6.04 Å². The topological polar surface area (TPSA) is 43.8 Å². The molecular formula is C15H19N3. The van der Waals surface area contributed by atoms with Gasteiger partial charge in [0.15, 0.2) is 0 Å². The van der Waals surface area contributed by atoms with Crippen LogP contribution >= 0.6 is 0 Å². The van der Waals surface area contributed by atoms with E-state index in [2.05, 4.69) is 27.8 Å². The Hall–Kier alpha value is -1.61. The molecule has 3 heteroatoms. The van der Waals surface area contributed by atoms with E-state index < -0.39 is 0 Å². The van der Waals surface area contributed by atoms with Gasteiger partial charge >= 0.3 is 0 Å². The molecule has 0 saturated carbocycles. The lowest BCUT2D eigenvalue weighted by molar-refractivity contribution is 0.676. The van der Waals surface area contributed by atoms with Gasteiger partial charge in [-0.3, -0.25) is 0 Å². The molecule has 1 aromatic heterocycles. The van der Waals surface area contributed by atoms with Crippen LogP contribution in [0.4, 0.5) is 0 Å². The predicted octanol–water partition coefficient (Wildman–Crippen LogP) is 2.77. The summed E-state index contributed by atoms with van der Waals surface area (Å²) in [7, 11) is 0. The van der Waals surface area contributed by atoms with Gasteiger partial charge in [0.2, 0.25) is 0 Å². The second kappa shape index (κ2) is 4.58. The number of fused-ring (bicyclic) bond motifs is 1. The maximum absolute atomic E-state index is 6.01. The fraction of sp³-hybridized carbons (Fsp3) is 0.400. The number of aromatic nitrogens is 2. The molecule has 1 atom stereocenters. The van der Waals surface area contributed by atoms with Crippen LogP contribution in [0.2, 0.25) is 0 Å². The third kappa shape index (κ3) is 1.85. The smallest absolute Gasteiger partial charge is 0.0994 e. The van der Waals surface area contributed by atoms with Crippen molar-refractivity contribution in [3.8, 4) is 5.69 Å². The Morgan fingerprint density at radius 2 is 2.11 bits per heavy atom. The van der Waals surface area contributed by atoms with Gasteiger partial charge in [-0.15, -0.1) is 0 Å². The summed E-state index contributed by atoms with van der Waals surface area (Å²) in [6.07, 6.45) is 8.70. The molecule has 0 aliphatic heterocycles. The van der Waals surface area contributed by atoms with Crippen LogP contribution in [-0.4, -0.2) is 9.55 Å². The Morgan fingerprint density at radius 3 is 2.94 bits per heavy atom. The van der Waals surface area contributed by atoms with E-state index in [9.17, 15) is 0 Å². The highest BCUT2D eigenvalue weighted by Crippen LogP contribution is 2.28. The van der Waals surface area contributed by atoms with Gasteiger partial charge < -0.3 is 10.3 Å². The molecule has 0 unspecified atom stereocenters. The van der Waals surface area contributed by atoms with Gasteiger partial charge in [-0.2, -0.15) is 0 Å². The van der Waals surface area contributed by atoms with Gasteiger partial charge in [-0.1, -0.05) is 12.1 Å². The zero-order valence-electron chi connectivity index (χ0n) is 10.8. The fourth-order valence-electron chi connectivity index (χ4n) is 2.83. The second-order valence-electron chi connectivity index (χ2n) is 5.10.